The number of quaternary nitrogens is 1. The molecule has 0 heterocycles. The first-order valence-corrected chi connectivity index (χ1v) is 5.67. The van der Waals surface area contributed by atoms with Crippen LogP contribution in [-0.2, 0) is 0 Å². The molecule has 2 nitrogen and oxygen atoms in total. The van der Waals surface area contributed by atoms with Crippen LogP contribution in [0.5, 0.6) is 0 Å². The summed E-state index contributed by atoms with van der Waals surface area (Å²) in [4.78, 5) is 0. The predicted octanol–water partition coefficient (Wildman–Crippen LogP) is -1.87. The Morgan fingerprint density at radius 2 is 1.69 bits per heavy atom. The van der Waals surface area contributed by atoms with Gasteiger partial charge in [-0.3, -0.25) is 0 Å². The van der Waals surface area contributed by atoms with E-state index in [1.807, 2.05) is 25.1 Å². The molecule has 1 rings (SSSR count). The van der Waals surface area contributed by atoms with E-state index in [1.165, 1.54) is 5.56 Å². The number of hydrogen-bond acceptors (Lipinski definition) is 1. The van der Waals surface area contributed by atoms with E-state index < -0.39 is 0 Å². The summed E-state index contributed by atoms with van der Waals surface area (Å²) in [6, 6.07) is 10.8. The van der Waals surface area contributed by atoms with E-state index in [-0.39, 0.29) is 24.4 Å². The molecule has 3 N–H and O–H groups in total. The van der Waals surface area contributed by atoms with E-state index in [4.69, 9.17) is 0 Å². The van der Waals surface area contributed by atoms with E-state index in [0.717, 1.165) is 6.54 Å². The Hall–Kier alpha value is -0.570. The van der Waals surface area contributed by atoms with E-state index in [0.29, 0.717) is 6.04 Å². The van der Waals surface area contributed by atoms with Crippen molar-refractivity contribution in [3.05, 3.63) is 35.9 Å². The molecule has 2 unspecified atom stereocenters. The second-order valence-corrected chi connectivity index (χ2v) is 4.47. The van der Waals surface area contributed by atoms with Crippen LogP contribution in [0.25, 0.3) is 0 Å². The number of nitrogens with two attached hydrogens (primary N) is 1. The standard InChI is InChI=1S/C13H21NO.ClH/c1-10(2)14-9-13(11(3)15)12-7-5-4-6-8-12;/h4-8,10-11,13-15H,9H2,1-3H3;1H. The van der Waals surface area contributed by atoms with E-state index in [1.54, 1.807) is 0 Å². The van der Waals surface area contributed by atoms with E-state index >= 15 is 0 Å². The Bertz CT molecular complexity index is 275. The van der Waals surface area contributed by atoms with E-state index in [2.05, 4.69) is 31.3 Å². The highest BCUT2D eigenvalue weighted by molar-refractivity contribution is 5.20. The van der Waals surface area contributed by atoms with Crippen LogP contribution >= 0.6 is 0 Å². The first-order chi connectivity index (χ1) is 7.11. The highest BCUT2D eigenvalue weighted by Crippen LogP contribution is 2.17. The fourth-order valence-electron chi connectivity index (χ4n) is 1.73. The lowest BCUT2D eigenvalue weighted by Crippen LogP contribution is -3.00. The van der Waals surface area contributed by atoms with Crippen molar-refractivity contribution in [2.45, 2.75) is 38.8 Å². The van der Waals surface area contributed by atoms with Crippen LogP contribution in [0.4, 0.5) is 0 Å². The lowest BCUT2D eigenvalue weighted by Gasteiger charge is -2.19. The Kier molecular flexibility index (Phi) is 7.39. The normalized spacial score (nSPS) is 14.3. The van der Waals surface area contributed by atoms with Gasteiger partial charge in [-0.05, 0) is 26.3 Å². The number of aliphatic hydroxyl groups excluding tert-OH is 1. The molecule has 0 saturated heterocycles. The van der Waals surface area contributed by atoms with Crippen molar-refractivity contribution < 1.29 is 22.8 Å². The molecule has 0 radical (unpaired) electrons. The zero-order chi connectivity index (χ0) is 11.3. The summed E-state index contributed by atoms with van der Waals surface area (Å²) in [5.41, 5.74) is 1.23. The van der Waals surface area contributed by atoms with Crippen LogP contribution in [0.15, 0.2) is 30.3 Å². The highest BCUT2D eigenvalue weighted by atomic mass is 35.5. The predicted molar refractivity (Wildman–Crippen MR) is 62.8 cm³/mol. The minimum Gasteiger partial charge on any atom is -1.00 e. The summed E-state index contributed by atoms with van der Waals surface area (Å²) < 4.78 is 0. The summed E-state index contributed by atoms with van der Waals surface area (Å²) in [7, 11) is 0. The van der Waals surface area contributed by atoms with Crippen molar-refractivity contribution in [1.82, 2.24) is 0 Å². The lowest BCUT2D eigenvalue weighted by atomic mass is 9.94. The molecule has 1 aromatic rings. The minimum atomic E-state index is -0.289. The molecule has 0 aliphatic heterocycles. The number of halogens is 1. The van der Waals surface area contributed by atoms with Gasteiger partial charge in [-0.1, -0.05) is 30.3 Å². The van der Waals surface area contributed by atoms with Crippen molar-refractivity contribution in [3.8, 4) is 0 Å². The summed E-state index contributed by atoms with van der Waals surface area (Å²) in [6.07, 6.45) is -0.289. The second-order valence-electron chi connectivity index (χ2n) is 4.47. The van der Waals surface area contributed by atoms with Crippen molar-refractivity contribution in [3.63, 3.8) is 0 Å². The number of rotatable bonds is 5. The fourth-order valence-corrected chi connectivity index (χ4v) is 1.73. The zero-order valence-corrected chi connectivity index (χ0v) is 11.0. The van der Waals surface area contributed by atoms with Gasteiger partial charge in [0.05, 0.1) is 24.6 Å². The van der Waals surface area contributed by atoms with Gasteiger partial charge < -0.3 is 22.8 Å². The van der Waals surface area contributed by atoms with Crippen LogP contribution in [-0.4, -0.2) is 23.8 Å². The van der Waals surface area contributed by atoms with Gasteiger partial charge in [0.25, 0.3) is 0 Å². The van der Waals surface area contributed by atoms with Crippen LogP contribution in [0.3, 0.4) is 0 Å². The summed E-state index contributed by atoms with van der Waals surface area (Å²) in [6.45, 7) is 7.15. The summed E-state index contributed by atoms with van der Waals surface area (Å²) >= 11 is 0. The molecule has 2 atom stereocenters. The SMILES string of the molecule is CC(C)[NH2+]CC(c1ccccc1)C(C)O.[Cl-]. The first-order valence-electron chi connectivity index (χ1n) is 5.67. The molecule has 0 spiro atoms. The summed E-state index contributed by atoms with van der Waals surface area (Å²) in [5.74, 6) is 0.230. The Labute approximate surface area is 104 Å². The van der Waals surface area contributed by atoms with Crippen molar-refractivity contribution in [2.75, 3.05) is 6.54 Å². The summed E-state index contributed by atoms with van der Waals surface area (Å²) in [5, 5.41) is 12.0. The van der Waals surface area contributed by atoms with Gasteiger partial charge in [0.15, 0.2) is 0 Å². The maximum absolute atomic E-state index is 9.76. The molecule has 16 heavy (non-hydrogen) atoms. The molecule has 0 aromatic heterocycles. The fraction of sp³-hybridized carbons (Fsp3) is 0.538. The maximum atomic E-state index is 9.76. The molecule has 92 valence electrons. The third-order valence-electron chi connectivity index (χ3n) is 2.67. The van der Waals surface area contributed by atoms with Gasteiger partial charge in [0.2, 0.25) is 0 Å². The zero-order valence-electron chi connectivity index (χ0n) is 10.2. The van der Waals surface area contributed by atoms with Gasteiger partial charge in [-0.15, -0.1) is 0 Å². The van der Waals surface area contributed by atoms with Crippen LogP contribution < -0.4 is 17.7 Å². The van der Waals surface area contributed by atoms with Gasteiger partial charge in [0.1, 0.15) is 0 Å². The van der Waals surface area contributed by atoms with Gasteiger partial charge >= 0.3 is 0 Å². The third-order valence-corrected chi connectivity index (χ3v) is 2.67. The second kappa shape index (κ2) is 7.66. The van der Waals surface area contributed by atoms with E-state index in [9.17, 15) is 5.11 Å². The molecule has 1 aromatic carbocycles. The van der Waals surface area contributed by atoms with Crippen LogP contribution in [0.1, 0.15) is 32.3 Å². The lowest BCUT2D eigenvalue weighted by molar-refractivity contribution is -0.685. The molecule has 0 bridgehead atoms. The molecule has 0 saturated carbocycles. The third kappa shape index (κ3) is 4.97. The largest absolute Gasteiger partial charge is 1.00 e. The Balaban J connectivity index is 0.00000225. The van der Waals surface area contributed by atoms with Crippen LogP contribution in [0.2, 0.25) is 0 Å². The topological polar surface area (TPSA) is 36.8 Å². The molecule has 0 aliphatic carbocycles. The average molecular weight is 244 g/mol. The first kappa shape index (κ1) is 15.4. The quantitative estimate of drug-likeness (QED) is 0.625. The number of benzene rings is 1. The number of hydrogen-bond donors (Lipinski definition) is 2. The molecule has 0 amide bonds. The van der Waals surface area contributed by atoms with Crippen molar-refractivity contribution in [2.24, 2.45) is 0 Å². The maximum Gasteiger partial charge on any atom is 0.0852 e. The average Bonchev–Trinajstić information content (AvgIpc) is 2.18. The minimum absolute atomic E-state index is 0. The molecular formula is C13H22ClNO. The van der Waals surface area contributed by atoms with Gasteiger partial charge in [0, 0.05) is 0 Å². The number of aliphatic hydroxyl groups is 1. The molecular weight excluding hydrogens is 222 g/mol. The molecule has 0 aliphatic rings. The van der Waals surface area contributed by atoms with Gasteiger partial charge in [-0.2, -0.15) is 0 Å². The van der Waals surface area contributed by atoms with Crippen LogP contribution in [0, 0.1) is 0 Å². The Morgan fingerprint density at radius 1 is 1.12 bits per heavy atom. The van der Waals surface area contributed by atoms with Gasteiger partial charge in [-0.25, -0.2) is 0 Å². The smallest absolute Gasteiger partial charge is 0.0852 e. The molecule has 0 fully saturated rings. The van der Waals surface area contributed by atoms with Crippen molar-refractivity contribution in [1.29, 1.82) is 0 Å². The highest BCUT2D eigenvalue weighted by Gasteiger charge is 2.19. The monoisotopic (exact) mass is 243 g/mol. The molecule has 3 heteroatoms. The van der Waals surface area contributed by atoms with Crippen molar-refractivity contribution >= 4 is 0 Å². The Morgan fingerprint density at radius 3 is 2.12 bits per heavy atom.